The van der Waals surface area contributed by atoms with Crippen molar-refractivity contribution in [3.63, 3.8) is 0 Å². The van der Waals surface area contributed by atoms with Gasteiger partial charge in [0.1, 0.15) is 0 Å². The lowest BCUT2D eigenvalue weighted by Crippen LogP contribution is -2.72. The van der Waals surface area contributed by atoms with Gasteiger partial charge in [0, 0.05) is 27.9 Å². The Kier molecular flexibility index (Phi) is 9.77. The minimum absolute atomic E-state index is 0.163. The molecule has 0 spiro atoms. The third-order valence-electron chi connectivity index (χ3n) is 16.8. The molecule has 0 saturated heterocycles. The van der Waals surface area contributed by atoms with E-state index < -0.39 is 8.07 Å². The van der Waals surface area contributed by atoms with E-state index in [1.165, 1.54) is 104 Å². The third kappa shape index (κ3) is 6.33. The summed E-state index contributed by atoms with van der Waals surface area (Å²) >= 11 is 0. The largest absolute Gasteiger partial charge is 0.310 e. The molecule has 2 heteroatoms. The van der Waals surface area contributed by atoms with Crippen LogP contribution >= 0.6 is 0 Å². The highest BCUT2D eigenvalue weighted by molar-refractivity contribution is 7.22. The highest BCUT2D eigenvalue weighted by Gasteiger charge is 2.49. The van der Waals surface area contributed by atoms with Gasteiger partial charge in [-0.2, -0.15) is 0 Å². The summed E-state index contributed by atoms with van der Waals surface area (Å²) in [6.07, 6.45) is 0. The Balaban J connectivity index is 0.986. The van der Waals surface area contributed by atoms with Gasteiger partial charge in [-0.1, -0.05) is 244 Å². The van der Waals surface area contributed by atoms with Crippen LogP contribution in [0.2, 0.25) is 0 Å². The Morgan fingerprint density at radius 1 is 0.288 bits per heavy atom. The summed E-state index contributed by atoms with van der Waals surface area (Å²) in [4.78, 5) is 2.52. The van der Waals surface area contributed by atoms with Gasteiger partial charge in [0.2, 0.25) is 0 Å². The summed E-state index contributed by atoms with van der Waals surface area (Å²) in [7, 11) is -2.72. The molecular weight excluding hydrogens is 895 g/mol. The first-order chi connectivity index (χ1) is 35.8. The molecule has 0 N–H and O–H groups in total. The van der Waals surface area contributed by atoms with Crippen LogP contribution in [0.3, 0.4) is 0 Å². The number of hydrogen-bond acceptors (Lipinski definition) is 1. The normalized spacial score (nSPS) is 15.9. The van der Waals surface area contributed by atoms with Crippen LogP contribution < -0.4 is 25.6 Å². The van der Waals surface area contributed by atoms with Crippen molar-refractivity contribution in [1.29, 1.82) is 0 Å². The summed E-state index contributed by atoms with van der Waals surface area (Å²) in [5.74, 6) is 0. The summed E-state index contributed by atoms with van der Waals surface area (Å²) < 4.78 is 0. The number of nitrogens with zero attached hydrogens (tertiary/aromatic N) is 1. The standard InChI is InChI=1S/C71H53NSi/c1-70(2)64-34-17-13-30-57(64)59-42-39-52(46-66(59)70)72(53-40-43-60-58-31-14-18-35-65(58)71(3,67(60)47-53)50-25-9-5-10-26-50)51-38-41-56(63(45-51)48-22-7-4-8-23-48)49-24-21-29-55(44-49)73(54-27-11-6-12-28-54)68-36-19-15-32-61(68)62-33-16-20-37-69(62)73/h4-47H,1-3H3. The number of anilines is 3. The summed E-state index contributed by atoms with van der Waals surface area (Å²) in [6, 6.07) is 101. The Morgan fingerprint density at radius 2 is 0.740 bits per heavy atom. The Hall–Kier alpha value is -8.56. The predicted molar refractivity (Wildman–Crippen MR) is 310 cm³/mol. The zero-order chi connectivity index (χ0) is 48.9. The molecule has 1 nitrogen and oxygen atoms in total. The van der Waals surface area contributed by atoms with Crippen LogP contribution in [0.25, 0.3) is 55.6 Å². The van der Waals surface area contributed by atoms with E-state index in [1.54, 1.807) is 0 Å². The van der Waals surface area contributed by atoms with Crippen LogP contribution in [0.4, 0.5) is 17.1 Å². The van der Waals surface area contributed by atoms with Crippen LogP contribution in [-0.4, -0.2) is 8.07 Å². The SMILES string of the molecule is CC1(C)c2ccccc2-c2ccc(N(c3ccc(-c4cccc([Si]5(c6ccccc6)c6ccccc6-c6ccccc65)c4)c(-c4ccccc4)c3)c3ccc4c(c3)C(C)(c3ccccc3)c3ccccc3-4)cc21. The van der Waals surface area contributed by atoms with Crippen molar-refractivity contribution in [2.75, 3.05) is 4.90 Å². The molecule has 1 unspecified atom stereocenters. The average molecular weight is 948 g/mol. The van der Waals surface area contributed by atoms with Crippen molar-refractivity contribution in [2.45, 2.75) is 31.6 Å². The Labute approximate surface area is 430 Å². The zero-order valence-electron chi connectivity index (χ0n) is 41.4. The van der Waals surface area contributed by atoms with Crippen LogP contribution in [0.1, 0.15) is 48.6 Å². The molecule has 1 heterocycles. The average Bonchev–Trinajstić information content (AvgIpc) is 4.00. The molecule has 0 amide bonds. The molecule has 11 aromatic rings. The van der Waals surface area contributed by atoms with Gasteiger partial charge in [0.05, 0.1) is 0 Å². The smallest absolute Gasteiger partial charge is 0.180 e. The van der Waals surface area contributed by atoms with E-state index in [0.717, 1.165) is 17.1 Å². The first-order valence-electron chi connectivity index (χ1n) is 25.7. The minimum atomic E-state index is -2.72. The fourth-order valence-corrected chi connectivity index (χ4v) is 18.6. The van der Waals surface area contributed by atoms with Crippen molar-refractivity contribution in [2.24, 2.45) is 0 Å². The molecule has 0 bridgehead atoms. The fraction of sp³-hybridized carbons (Fsp3) is 0.0704. The molecule has 3 aliphatic rings. The Bertz CT molecular complexity index is 3920. The quantitative estimate of drug-likeness (QED) is 0.137. The van der Waals surface area contributed by atoms with Gasteiger partial charge in [-0.25, -0.2) is 0 Å². The molecule has 1 aliphatic heterocycles. The zero-order valence-corrected chi connectivity index (χ0v) is 42.4. The number of rotatable bonds is 8. The first-order valence-corrected chi connectivity index (χ1v) is 27.7. The highest BCUT2D eigenvalue weighted by Crippen LogP contribution is 2.55. The van der Waals surface area contributed by atoms with Gasteiger partial charge in [-0.15, -0.1) is 0 Å². The fourth-order valence-electron chi connectivity index (χ4n) is 13.4. The summed E-state index contributed by atoms with van der Waals surface area (Å²) in [6.45, 7) is 7.18. The van der Waals surface area contributed by atoms with Crippen LogP contribution in [0.5, 0.6) is 0 Å². The van der Waals surface area contributed by atoms with Gasteiger partial charge in [-0.05, 0) is 148 Å². The van der Waals surface area contributed by atoms with E-state index in [2.05, 4.69) is 293 Å². The van der Waals surface area contributed by atoms with E-state index in [9.17, 15) is 0 Å². The lowest BCUT2D eigenvalue weighted by molar-refractivity contribution is 0.660. The second-order valence-corrected chi connectivity index (χ2v) is 24.6. The maximum absolute atomic E-state index is 2.72. The monoisotopic (exact) mass is 947 g/mol. The van der Waals surface area contributed by atoms with E-state index in [0.29, 0.717) is 0 Å². The molecule has 0 fully saturated rings. The maximum atomic E-state index is 2.53. The Morgan fingerprint density at radius 3 is 1.40 bits per heavy atom. The first kappa shape index (κ1) is 43.2. The van der Waals surface area contributed by atoms with Gasteiger partial charge in [0.25, 0.3) is 0 Å². The van der Waals surface area contributed by atoms with Crippen molar-refractivity contribution in [3.05, 3.63) is 295 Å². The van der Waals surface area contributed by atoms with Gasteiger partial charge < -0.3 is 4.90 Å². The third-order valence-corrected chi connectivity index (χ3v) is 21.7. The molecule has 2 aliphatic carbocycles. The lowest BCUT2D eigenvalue weighted by Gasteiger charge is -2.32. The van der Waals surface area contributed by atoms with Crippen molar-refractivity contribution < 1.29 is 0 Å². The minimum Gasteiger partial charge on any atom is -0.310 e. The van der Waals surface area contributed by atoms with Gasteiger partial charge in [-0.3, -0.25) is 0 Å². The van der Waals surface area contributed by atoms with E-state index in [4.69, 9.17) is 0 Å². The van der Waals surface area contributed by atoms with Gasteiger partial charge >= 0.3 is 0 Å². The molecule has 11 aromatic carbocycles. The second-order valence-electron chi connectivity index (χ2n) is 20.9. The number of fused-ring (bicyclic) bond motifs is 9. The maximum Gasteiger partial charge on any atom is 0.180 e. The summed E-state index contributed by atoms with van der Waals surface area (Å²) in [5, 5.41) is 5.70. The number of benzene rings is 11. The molecule has 346 valence electrons. The van der Waals surface area contributed by atoms with Crippen molar-refractivity contribution >= 4 is 45.9 Å². The summed E-state index contributed by atoms with van der Waals surface area (Å²) in [5.41, 5.74) is 22.3. The van der Waals surface area contributed by atoms with E-state index in [-0.39, 0.29) is 10.8 Å². The molecule has 14 rings (SSSR count). The van der Waals surface area contributed by atoms with Crippen molar-refractivity contribution in [3.8, 4) is 55.6 Å². The molecule has 0 aromatic heterocycles. The topological polar surface area (TPSA) is 3.24 Å². The van der Waals surface area contributed by atoms with E-state index >= 15 is 0 Å². The highest BCUT2D eigenvalue weighted by atomic mass is 28.3. The lowest BCUT2D eigenvalue weighted by atomic mass is 9.74. The van der Waals surface area contributed by atoms with Gasteiger partial charge in [0.15, 0.2) is 8.07 Å². The molecular formula is C71H53NSi. The molecule has 1 atom stereocenters. The molecule has 0 saturated carbocycles. The molecule has 0 radical (unpaired) electrons. The second kappa shape index (κ2) is 16.5. The molecule has 73 heavy (non-hydrogen) atoms. The number of hydrogen-bond donors (Lipinski definition) is 0. The van der Waals surface area contributed by atoms with Crippen LogP contribution in [-0.2, 0) is 10.8 Å². The van der Waals surface area contributed by atoms with Crippen LogP contribution in [0.15, 0.2) is 267 Å². The van der Waals surface area contributed by atoms with Crippen LogP contribution in [0, 0.1) is 0 Å². The van der Waals surface area contributed by atoms with Crippen molar-refractivity contribution in [1.82, 2.24) is 0 Å². The predicted octanol–water partition coefficient (Wildman–Crippen LogP) is 15.5. The van der Waals surface area contributed by atoms with E-state index in [1.807, 2.05) is 0 Å².